The van der Waals surface area contributed by atoms with Crippen LogP contribution in [-0.2, 0) is 19.1 Å². The summed E-state index contributed by atoms with van der Waals surface area (Å²) < 4.78 is 9.64. The Kier molecular flexibility index (Phi) is 7.59. The maximum absolute atomic E-state index is 12.4. The fraction of sp³-hybridized carbons (Fsp3) is 0.500. The lowest BCUT2D eigenvalue weighted by atomic mass is 10.0. The van der Waals surface area contributed by atoms with Gasteiger partial charge in [0.15, 0.2) is 5.11 Å². The Morgan fingerprint density at radius 1 is 1.27 bits per heavy atom. The third kappa shape index (κ3) is 4.82. The summed E-state index contributed by atoms with van der Waals surface area (Å²) in [6.45, 7) is 2.57. The predicted molar refractivity (Wildman–Crippen MR) is 105 cm³/mol. The van der Waals surface area contributed by atoms with Gasteiger partial charge in [-0.15, -0.1) is 11.3 Å². The first-order valence-corrected chi connectivity index (χ1v) is 9.75. The van der Waals surface area contributed by atoms with Crippen LogP contribution >= 0.6 is 23.6 Å². The minimum atomic E-state index is -0.355. The highest BCUT2D eigenvalue weighted by Crippen LogP contribution is 2.33. The molecule has 1 atom stereocenters. The molecule has 2 heterocycles. The van der Waals surface area contributed by atoms with Crippen molar-refractivity contribution in [2.75, 3.05) is 20.8 Å². The second kappa shape index (κ2) is 9.68. The third-order valence-corrected chi connectivity index (χ3v) is 5.60. The lowest BCUT2D eigenvalue weighted by Gasteiger charge is -2.37. The summed E-state index contributed by atoms with van der Waals surface area (Å²) in [6, 6.07) is 3.64. The van der Waals surface area contributed by atoms with Crippen LogP contribution < -0.4 is 5.32 Å². The molecule has 0 radical (unpaired) electrons. The van der Waals surface area contributed by atoms with Crippen molar-refractivity contribution >= 4 is 40.6 Å². The smallest absolute Gasteiger partial charge is 0.338 e. The molecule has 1 N–H and O–H groups in total. The summed E-state index contributed by atoms with van der Waals surface area (Å²) in [4.78, 5) is 26.5. The molecule has 1 aliphatic rings. The van der Waals surface area contributed by atoms with E-state index in [9.17, 15) is 9.59 Å². The van der Waals surface area contributed by atoms with E-state index in [4.69, 9.17) is 17.0 Å². The van der Waals surface area contributed by atoms with Crippen molar-refractivity contribution in [3.05, 3.63) is 33.7 Å². The number of rotatable bonds is 8. The number of unbranched alkanes of at least 4 members (excludes halogenated alkanes) is 2. The van der Waals surface area contributed by atoms with Crippen molar-refractivity contribution in [3.8, 4) is 0 Å². The Hall–Kier alpha value is -1.93. The van der Waals surface area contributed by atoms with Gasteiger partial charge in [0, 0.05) is 23.5 Å². The van der Waals surface area contributed by atoms with Crippen LogP contribution in [0.25, 0.3) is 0 Å². The first-order chi connectivity index (χ1) is 12.5. The molecule has 0 fully saturated rings. The van der Waals surface area contributed by atoms with Crippen LogP contribution in [0.2, 0.25) is 0 Å². The van der Waals surface area contributed by atoms with E-state index in [1.165, 1.54) is 14.2 Å². The number of thiocarbonyl (C=S) groups is 1. The zero-order valence-electron chi connectivity index (χ0n) is 15.2. The van der Waals surface area contributed by atoms with Crippen molar-refractivity contribution in [1.29, 1.82) is 0 Å². The molecule has 0 aliphatic carbocycles. The van der Waals surface area contributed by atoms with Gasteiger partial charge >= 0.3 is 11.9 Å². The van der Waals surface area contributed by atoms with E-state index in [-0.39, 0.29) is 18.0 Å². The first kappa shape index (κ1) is 20.4. The van der Waals surface area contributed by atoms with Crippen molar-refractivity contribution in [2.24, 2.45) is 0 Å². The van der Waals surface area contributed by atoms with Gasteiger partial charge in [0.2, 0.25) is 0 Å². The van der Waals surface area contributed by atoms with E-state index in [0.717, 1.165) is 29.8 Å². The number of methoxy groups -OCH3 is 2. The number of hydrogen-bond donors (Lipinski definition) is 1. The molecule has 2 rings (SSSR count). The number of carbonyl (C=O) groups is 2. The maximum Gasteiger partial charge on any atom is 0.338 e. The molecule has 0 unspecified atom stereocenters. The molecule has 1 aromatic rings. The molecule has 0 saturated heterocycles. The summed E-state index contributed by atoms with van der Waals surface area (Å²) in [5, 5.41) is 5.84. The van der Waals surface area contributed by atoms with Crippen LogP contribution in [0.5, 0.6) is 0 Å². The minimum Gasteiger partial charge on any atom is -0.469 e. The van der Waals surface area contributed by atoms with Crippen LogP contribution in [0.1, 0.15) is 43.5 Å². The Morgan fingerprint density at radius 2 is 2.04 bits per heavy atom. The fourth-order valence-corrected chi connectivity index (χ4v) is 4.04. The zero-order chi connectivity index (χ0) is 19.1. The standard InChI is InChI=1S/C18H24N2O4S2/c1-12-15(17(22)24-3)16(13-8-7-11-26-13)19-18(25)20(12)10-6-4-5-9-14(21)23-2/h7-8,11,16H,4-6,9-10H2,1-3H3,(H,19,25)/t16-/m0/s1. The van der Waals surface area contributed by atoms with Crippen molar-refractivity contribution < 1.29 is 19.1 Å². The number of carbonyl (C=O) groups excluding carboxylic acids is 2. The summed E-state index contributed by atoms with van der Waals surface area (Å²) in [7, 11) is 2.78. The Morgan fingerprint density at radius 3 is 2.65 bits per heavy atom. The average Bonchev–Trinajstić information content (AvgIpc) is 3.17. The number of nitrogens with zero attached hydrogens (tertiary/aromatic N) is 1. The lowest BCUT2D eigenvalue weighted by Crippen LogP contribution is -2.47. The Bertz CT molecular complexity index is 685. The van der Waals surface area contributed by atoms with Gasteiger partial charge in [0.1, 0.15) is 0 Å². The molecule has 8 heteroatoms. The molecule has 1 aromatic heterocycles. The van der Waals surface area contributed by atoms with Gasteiger partial charge in [-0.2, -0.15) is 0 Å². The fourth-order valence-electron chi connectivity index (χ4n) is 2.91. The Balaban J connectivity index is 2.09. The lowest BCUT2D eigenvalue weighted by molar-refractivity contribution is -0.140. The maximum atomic E-state index is 12.4. The topological polar surface area (TPSA) is 67.9 Å². The monoisotopic (exact) mass is 396 g/mol. The SMILES string of the molecule is COC(=O)CCCCCN1C(=S)N[C@@H](c2cccs2)C(C(=O)OC)=C1C. The van der Waals surface area contributed by atoms with Crippen LogP contribution in [-0.4, -0.2) is 42.7 Å². The summed E-state index contributed by atoms with van der Waals surface area (Å²) in [5.74, 6) is -0.547. The van der Waals surface area contributed by atoms with Gasteiger partial charge in [-0.1, -0.05) is 12.5 Å². The zero-order valence-corrected chi connectivity index (χ0v) is 16.9. The molecule has 0 aromatic carbocycles. The largest absolute Gasteiger partial charge is 0.469 e. The number of esters is 2. The number of thiophene rings is 1. The third-order valence-electron chi connectivity index (χ3n) is 4.32. The number of ether oxygens (including phenoxy) is 2. The normalized spacial score (nSPS) is 17.1. The molecule has 1 aliphatic heterocycles. The van der Waals surface area contributed by atoms with Crippen LogP contribution in [0, 0.1) is 0 Å². The first-order valence-electron chi connectivity index (χ1n) is 8.47. The molecule has 0 amide bonds. The van der Waals surface area contributed by atoms with Crippen LogP contribution in [0.3, 0.4) is 0 Å². The number of allylic oxidation sites excluding steroid dienone is 1. The predicted octanol–water partition coefficient (Wildman–Crippen LogP) is 3.16. The van der Waals surface area contributed by atoms with Gasteiger partial charge < -0.3 is 19.7 Å². The molecule has 0 spiro atoms. The summed E-state index contributed by atoms with van der Waals surface area (Å²) in [6.07, 6.45) is 2.92. The highest BCUT2D eigenvalue weighted by atomic mass is 32.1. The number of nitrogens with one attached hydrogen (secondary N) is 1. The highest BCUT2D eigenvalue weighted by molar-refractivity contribution is 7.80. The van der Waals surface area contributed by atoms with Crippen LogP contribution in [0.15, 0.2) is 28.8 Å². The van der Waals surface area contributed by atoms with E-state index >= 15 is 0 Å². The van der Waals surface area contributed by atoms with Gasteiger partial charge in [-0.25, -0.2) is 4.79 Å². The minimum absolute atomic E-state index is 0.192. The van der Waals surface area contributed by atoms with E-state index in [1.54, 1.807) is 11.3 Å². The quantitative estimate of drug-likeness (QED) is 0.411. The molecular weight excluding hydrogens is 372 g/mol. The number of hydrogen-bond acceptors (Lipinski definition) is 6. The summed E-state index contributed by atoms with van der Waals surface area (Å²) in [5.41, 5.74) is 1.39. The van der Waals surface area contributed by atoms with E-state index in [0.29, 0.717) is 23.7 Å². The van der Waals surface area contributed by atoms with E-state index in [2.05, 4.69) is 10.1 Å². The van der Waals surface area contributed by atoms with Crippen molar-refractivity contribution in [2.45, 2.75) is 38.6 Å². The average molecular weight is 397 g/mol. The molecule has 0 bridgehead atoms. The van der Waals surface area contributed by atoms with Crippen molar-refractivity contribution in [1.82, 2.24) is 10.2 Å². The highest BCUT2D eigenvalue weighted by Gasteiger charge is 2.34. The van der Waals surface area contributed by atoms with Gasteiger partial charge in [0.05, 0.1) is 25.8 Å². The molecule has 0 saturated carbocycles. The van der Waals surface area contributed by atoms with Gasteiger partial charge in [-0.3, -0.25) is 4.79 Å². The molecule has 6 nitrogen and oxygen atoms in total. The molecule has 142 valence electrons. The summed E-state index contributed by atoms with van der Waals surface area (Å²) >= 11 is 7.10. The second-order valence-corrected chi connectivity index (χ2v) is 7.29. The van der Waals surface area contributed by atoms with Gasteiger partial charge in [0.25, 0.3) is 0 Å². The van der Waals surface area contributed by atoms with E-state index in [1.807, 2.05) is 29.3 Å². The van der Waals surface area contributed by atoms with Gasteiger partial charge in [-0.05, 0) is 43.4 Å². The molecular formula is C18H24N2O4S2. The Labute approximate surface area is 163 Å². The molecule has 26 heavy (non-hydrogen) atoms. The van der Waals surface area contributed by atoms with E-state index < -0.39 is 0 Å². The van der Waals surface area contributed by atoms with Crippen molar-refractivity contribution in [3.63, 3.8) is 0 Å². The second-order valence-electron chi connectivity index (χ2n) is 5.93. The van der Waals surface area contributed by atoms with Crippen LogP contribution in [0.4, 0.5) is 0 Å².